The molecule has 1 fully saturated rings. The lowest BCUT2D eigenvalue weighted by Crippen LogP contribution is -2.61. The molecule has 6 heteroatoms. The summed E-state index contributed by atoms with van der Waals surface area (Å²) in [6, 6.07) is 20.6. The summed E-state index contributed by atoms with van der Waals surface area (Å²) >= 11 is 0. The van der Waals surface area contributed by atoms with Gasteiger partial charge in [0.1, 0.15) is 17.6 Å². The highest BCUT2D eigenvalue weighted by atomic mass is 19.1. The average molecular weight is 433 g/mol. The van der Waals surface area contributed by atoms with E-state index in [0.29, 0.717) is 24.3 Å². The lowest BCUT2D eigenvalue weighted by Gasteiger charge is -2.47. The Balaban J connectivity index is 1.57. The van der Waals surface area contributed by atoms with Crippen molar-refractivity contribution in [3.8, 4) is 5.75 Å². The Kier molecular flexibility index (Phi) is 6.21. The third-order valence-electron chi connectivity index (χ3n) is 5.72. The number of carbonyl (C=O) groups is 2. The monoisotopic (exact) mass is 433 g/mol. The molecule has 3 aromatic rings. The molecule has 0 radical (unpaired) electrons. The minimum atomic E-state index is -0.659. The van der Waals surface area contributed by atoms with Crippen LogP contribution in [-0.4, -0.2) is 36.5 Å². The van der Waals surface area contributed by atoms with E-state index in [2.05, 4.69) is 0 Å². The number of ether oxygens (including phenoxy) is 2. The number of likely N-dealkylation sites (tertiary alicyclic amines) is 1. The predicted octanol–water partition coefficient (Wildman–Crippen LogP) is 4.49. The van der Waals surface area contributed by atoms with E-state index in [9.17, 15) is 14.0 Å². The highest BCUT2D eigenvalue weighted by Crippen LogP contribution is 2.38. The molecule has 0 bridgehead atoms. The van der Waals surface area contributed by atoms with Crippen molar-refractivity contribution in [1.82, 2.24) is 4.90 Å². The van der Waals surface area contributed by atoms with Crippen LogP contribution in [-0.2, 0) is 16.0 Å². The number of esters is 1. The highest BCUT2D eigenvalue weighted by molar-refractivity contribution is 5.91. The second kappa shape index (κ2) is 9.22. The Morgan fingerprint density at radius 3 is 2.34 bits per heavy atom. The predicted molar refractivity (Wildman–Crippen MR) is 118 cm³/mol. The first-order valence-electron chi connectivity index (χ1n) is 10.4. The van der Waals surface area contributed by atoms with Crippen molar-refractivity contribution < 1.29 is 23.5 Å². The molecular weight excluding hydrogens is 409 g/mol. The van der Waals surface area contributed by atoms with Gasteiger partial charge in [-0.1, -0.05) is 42.5 Å². The van der Waals surface area contributed by atoms with Crippen molar-refractivity contribution in [3.63, 3.8) is 0 Å². The number of rotatable bonds is 7. The first kappa shape index (κ1) is 21.6. The lowest BCUT2D eigenvalue weighted by molar-refractivity contribution is -0.164. The summed E-state index contributed by atoms with van der Waals surface area (Å²) in [5.74, 6) is -0.135. The molecule has 1 heterocycles. The third-order valence-corrected chi connectivity index (χ3v) is 5.72. The quantitative estimate of drug-likeness (QED) is 0.407. The van der Waals surface area contributed by atoms with Crippen molar-refractivity contribution >= 4 is 11.9 Å². The maximum atomic E-state index is 13.2. The Hall–Kier alpha value is -3.67. The number of nitrogens with zero attached hydrogens (tertiary/aromatic N) is 1. The smallest absolute Gasteiger partial charge is 0.337 e. The van der Waals surface area contributed by atoms with Crippen LogP contribution in [0.3, 0.4) is 0 Å². The number of amides is 1. The van der Waals surface area contributed by atoms with Crippen LogP contribution >= 0.6 is 0 Å². The molecule has 0 saturated carbocycles. The standard InChI is InChI=1S/C26H24FNO4/c1-17-5-3-4-6-22(17)32-24-23(19-9-11-20(12-10-19)26(30)31-2)28(25(24)29)16-15-18-7-13-21(27)14-8-18/h3-14,23-24H,15-16H2,1-2H3/t23-,24+/m0/s1. The van der Waals surface area contributed by atoms with Gasteiger partial charge in [-0.15, -0.1) is 0 Å². The maximum Gasteiger partial charge on any atom is 0.337 e. The molecule has 0 aliphatic carbocycles. The van der Waals surface area contributed by atoms with Crippen LogP contribution < -0.4 is 4.74 Å². The minimum absolute atomic E-state index is 0.0996. The number of carbonyl (C=O) groups excluding carboxylic acids is 2. The summed E-state index contributed by atoms with van der Waals surface area (Å²) in [5, 5.41) is 0. The zero-order valence-electron chi connectivity index (χ0n) is 18.0. The van der Waals surface area contributed by atoms with Gasteiger partial charge >= 0.3 is 5.97 Å². The summed E-state index contributed by atoms with van der Waals surface area (Å²) in [7, 11) is 1.34. The van der Waals surface area contributed by atoms with E-state index in [0.717, 1.165) is 16.7 Å². The van der Waals surface area contributed by atoms with Crippen LogP contribution in [0.1, 0.15) is 33.1 Å². The zero-order valence-corrected chi connectivity index (χ0v) is 18.0. The van der Waals surface area contributed by atoms with Gasteiger partial charge in [0.05, 0.1) is 12.7 Å². The van der Waals surface area contributed by atoms with Gasteiger partial charge in [0.15, 0.2) is 0 Å². The number of halogens is 1. The van der Waals surface area contributed by atoms with Gasteiger partial charge in [-0.05, 0) is 60.4 Å². The Labute approximate surface area is 186 Å². The number of methoxy groups -OCH3 is 1. The van der Waals surface area contributed by atoms with Gasteiger partial charge in [0.2, 0.25) is 6.10 Å². The number of β-lactam (4-membered cyclic amide) rings is 1. The summed E-state index contributed by atoms with van der Waals surface area (Å²) in [6.07, 6.45) is -0.0619. The van der Waals surface area contributed by atoms with Crippen LogP contribution in [0.25, 0.3) is 0 Å². The minimum Gasteiger partial charge on any atom is -0.478 e. The van der Waals surface area contributed by atoms with Gasteiger partial charge in [-0.25, -0.2) is 9.18 Å². The molecular formula is C26H24FNO4. The van der Waals surface area contributed by atoms with E-state index in [-0.39, 0.29) is 17.8 Å². The second-order valence-electron chi connectivity index (χ2n) is 7.77. The van der Waals surface area contributed by atoms with Crippen LogP contribution in [0.5, 0.6) is 5.75 Å². The number of hydrogen-bond donors (Lipinski definition) is 0. The van der Waals surface area contributed by atoms with Gasteiger partial charge in [-0.3, -0.25) is 4.79 Å². The molecule has 32 heavy (non-hydrogen) atoms. The first-order chi connectivity index (χ1) is 15.5. The molecule has 1 aliphatic heterocycles. The lowest BCUT2D eigenvalue weighted by atomic mass is 9.89. The van der Waals surface area contributed by atoms with Crippen molar-refractivity contribution in [3.05, 3.63) is 101 Å². The number of aryl methyl sites for hydroxylation is 1. The van der Waals surface area contributed by atoms with E-state index < -0.39 is 12.1 Å². The first-order valence-corrected chi connectivity index (χ1v) is 10.4. The molecule has 0 unspecified atom stereocenters. The summed E-state index contributed by atoms with van der Waals surface area (Å²) < 4.78 is 24.1. The van der Waals surface area contributed by atoms with E-state index in [4.69, 9.17) is 9.47 Å². The molecule has 2 atom stereocenters. The third kappa shape index (κ3) is 4.35. The van der Waals surface area contributed by atoms with E-state index in [1.165, 1.54) is 19.2 Å². The Morgan fingerprint density at radius 1 is 1.00 bits per heavy atom. The van der Waals surface area contributed by atoms with Crippen molar-refractivity contribution in [1.29, 1.82) is 0 Å². The number of hydrogen-bond acceptors (Lipinski definition) is 4. The second-order valence-corrected chi connectivity index (χ2v) is 7.77. The van der Waals surface area contributed by atoms with Gasteiger partial charge in [-0.2, -0.15) is 0 Å². The molecule has 0 spiro atoms. The summed E-state index contributed by atoms with van der Waals surface area (Å²) in [6.45, 7) is 2.41. The van der Waals surface area contributed by atoms with Gasteiger partial charge < -0.3 is 14.4 Å². The number of para-hydroxylation sites is 1. The Morgan fingerprint density at radius 2 is 1.69 bits per heavy atom. The maximum absolute atomic E-state index is 13.2. The largest absolute Gasteiger partial charge is 0.478 e. The molecule has 1 saturated heterocycles. The molecule has 4 rings (SSSR count). The molecule has 0 aromatic heterocycles. The zero-order chi connectivity index (χ0) is 22.7. The Bertz CT molecular complexity index is 1110. The SMILES string of the molecule is COC(=O)c1ccc([C@H]2[C@@H](Oc3ccccc3C)C(=O)N2CCc2ccc(F)cc2)cc1. The topological polar surface area (TPSA) is 55.8 Å². The van der Waals surface area contributed by atoms with E-state index in [1.807, 2.05) is 43.3 Å². The molecule has 3 aromatic carbocycles. The van der Waals surface area contributed by atoms with Crippen LogP contribution in [0.15, 0.2) is 72.8 Å². The fraction of sp³-hybridized carbons (Fsp3) is 0.231. The highest BCUT2D eigenvalue weighted by Gasteiger charge is 2.49. The summed E-state index contributed by atoms with van der Waals surface area (Å²) in [5.41, 5.74) is 3.21. The van der Waals surface area contributed by atoms with Gasteiger partial charge in [0, 0.05) is 6.54 Å². The van der Waals surface area contributed by atoms with Crippen LogP contribution in [0, 0.1) is 12.7 Å². The van der Waals surface area contributed by atoms with Crippen molar-refractivity contribution in [2.45, 2.75) is 25.5 Å². The van der Waals surface area contributed by atoms with E-state index >= 15 is 0 Å². The normalized spacial score (nSPS) is 17.6. The fourth-order valence-corrected chi connectivity index (χ4v) is 3.90. The van der Waals surface area contributed by atoms with Crippen LogP contribution in [0.4, 0.5) is 4.39 Å². The summed E-state index contributed by atoms with van der Waals surface area (Å²) in [4.78, 5) is 26.6. The van der Waals surface area contributed by atoms with Crippen molar-refractivity contribution in [2.24, 2.45) is 0 Å². The van der Waals surface area contributed by atoms with Crippen LogP contribution in [0.2, 0.25) is 0 Å². The molecule has 1 amide bonds. The van der Waals surface area contributed by atoms with Crippen molar-refractivity contribution in [2.75, 3.05) is 13.7 Å². The molecule has 1 aliphatic rings. The average Bonchev–Trinajstić information content (AvgIpc) is 2.82. The molecule has 164 valence electrons. The van der Waals surface area contributed by atoms with E-state index in [1.54, 1.807) is 29.2 Å². The van der Waals surface area contributed by atoms with Gasteiger partial charge in [0.25, 0.3) is 5.91 Å². The number of benzene rings is 3. The fourth-order valence-electron chi connectivity index (χ4n) is 3.90. The molecule has 5 nitrogen and oxygen atoms in total. The molecule has 0 N–H and O–H groups in total.